The maximum atomic E-state index is 6.05. The number of nitrogens with zero attached hydrogens (tertiary/aromatic N) is 1. The molecule has 3 heteroatoms. The molecule has 0 spiro atoms. The second-order valence-electron chi connectivity index (χ2n) is 6.62. The van der Waals surface area contributed by atoms with Crippen LogP contribution in [0, 0.1) is 5.41 Å². The molecule has 1 atom stereocenters. The number of nitrogens with one attached hydrogen (secondary N) is 1. The fourth-order valence-corrected chi connectivity index (χ4v) is 2.84. The summed E-state index contributed by atoms with van der Waals surface area (Å²) in [7, 11) is 2.20. The maximum Gasteiger partial charge on any atom is 0.0409 e. The average molecular weight is 295 g/mol. The minimum atomic E-state index is 0.343. The van der Waals surface area contributed by atoms with E-state index in [0.717, 1.165) is 30.7 Å². The molecule has 1 aliphatic carbocycles. The lowest BCUT2D eigenvalue weighted by molar-refractivity contribution is 0.174. The number of benzene rings is 1. The average Bonchev–Trinajstić information content (AvgIpc) is 3.20. The van der Waals surface area contributed by atoms with Crippen LogP contribution in [0.2, 0.25) is 5.02 Å². The standard InChI is InChI=1S/C17H27ClN2/c1-4-17(2,12-19-16-8-9-16)13-20(3)11-14-6-5-7-15(18)10-14/h5-7,10,16,19H,4,8-9,11-13H2,1-3H3. The van der Waals surface area contributed by atoms with Crippen LogP contribution in [0.25, 0.3) is 0 Å². The number of hydrogen-bond donors (Lipinski definition) is 1. The lowest BCUT2D eigenvalue weighted by atomic mass is 9.86. The Morgan fingerprint density at radius 3 is 2.75 bits per heavy atom. The summed E-state index contributed by atoms with van der Waals surface area (Å²) >= 11 is 6.05. The molecule has 1 unspecified atom stereocenters. The van der Waals surface area contributed by atoms with E-state index in [1.54, 1.807) is 0 Å². The van der Waals surface area contributed by atoms with E-state index in [1.807, 2.05) is 12.1 Å². The van der Waals surface area contributed by atoms with Gasteiger partial charge in [-0.1, -0.05) is 37.6 Å². The largest absolute Gasteiger partial charge is 0.313 e. The zero-order chi connectivity index (χ0) is 14.6. The van der Waals surface area contributed by atoms with E-state index in [-0.39, 0.29) is 0 Å². The molecule has 1 N–H and O–H groups in total. The first-order valence-electron chi connectivity index (χ1n) is 7.67. The van der Waals surface area contributed by atoms with Crippen LogP contribution in [0.5, 0.6) is 0 Å². The molecule has 0 radical (unpaired) electrons. The van der Waals surface area contributed by atoms with Gasteiger partial charge in [-0.15, -0.1) is 0 Å². The summed E-state index contributed by atoms with van der Waals surface area (Å²) in [6.45, 7) is 7.86. The first-order chi connectivity index (χ1) is 9.50. The molecule has 1 aromatic rings. The highest BCUT2D eigenvalue weighted by molar-refractivity contribution is 6.30. The third kappa shape index (κ3) is 5.08. The molecule has 0 aromatic heterocycles. The summed E-state index contributed by atoms with van der Waals surface area (Å²) < 4.78 is 0. The Morgan fingerprint density at radius 2 is 2.15 bits per heavy atom. The number of rotatable bonds is 8. The fourth-order valence-electron chi connectivity index (χ4n) is 2.63. The Bertz CT molecular complexity index is 431. The zero-order valence-electron chi connectivity index (χ0n) is 13.0. The van der Waals surface area contributed by atoms with Gasteiger partial charge >= 0.3 is 0 Å². The highest BCUT2D eigenvalue weighted by Crippen LogP contribution is 2.25. The van der Waals surface area contributed by atoms with Crippen molar-refractivity contribution in [3.8, 4) is 0 Å². The molecule has 0 saturated heterocycles. The van der Waals surface area contributed by atoms with Crippen molar-refractivity contribution < 1.29 is 0 Å². The summed E-state index contributed by atoms with van der Waals surface area (Å²) in [5, 5.41) is 4.50. The Balaban J connectivity index is 1.85. The van der Waals surface area contributed by atoms with Gasteiger partial charge in [0.1, 0.15) is 0 Å². The van der Waals surface area contributed by atoms with E-state index in [1.165, 1.54) is 24.8 Å². The maximum absolute atomic E-state index is 6.05. The second-order valence-corrected chi connectivity index (χ2v) is 7.06. The van der Waals surface area contributed by atoms with Crippen molar-refractivity contribution in [3.63, 3.8) is 0 Å². The van der Waals surface area contributed by atoms with Crippen molar-refractivity contribution >= 4 is 11.6 Å². The molecule has 1 saturated carbocycles. The molecule has 1 aromatic carbocycles. The molecule has 2 rings (SSSR count). The molecule has 0 amide bonds. The first kappa shape index (κ1) is 15.8. The van der Waals surface area contributed by atoms with E-state index in [9.17, 15) is 0 Å². The van der Waals surface area contributed by atoms with Gasteiger partial charge in [-0.3, -0.25) is 0 Å². The van der Waals surface area contributed by atoms with E-state index < -0.39 is 0 Å². The summed E-state index contributed by atoms with van der Waals surface area (Å²) in [4.78, 5) is 2.41. The van der Waals surface area contributed by atoms with Gasteiger partial charge in [0.25, 0.3) is 0 Å². The minimum Gasteiger partial charge on any atom is -0.313 e. The lowest BCUT2D eigenvalue weighted by Gasteiger charge is -2.33. The third-order valence-corrected chi connectivity index (χ3v) is 4.48. The van der Waals surface area contributed by atoms with Crippen molar-refractivity contribution in [2.75, 3.05) is 20.1 Å². The van der Waals surface area contributed by atoms with Crippen LogP contribution in [0.15, 0.2) is 24.3 Å². The van der Waals surface area contributed by atoms with Gasteiger partial charge in [0.05, 0.1) is 0 Å². The predicted molar refractivity (Wildman–Crippen MR) is 87.2 cm³/mol. The van der Waals surface area contributed by atoms with Gasteiger partial charge in [0, 0.05) is 30.7 Å². The van der Waals surface area contributed by atoms with Crippen LogP contribution in [0.3, 0.4) is 0 Å². The molecular formula is C17H27ClN2. The fraction of sp³-hybridized carbons (Fsp3) is 0.647. The zero-order valence-corrected chi connectivity index (χ0v) is 13.7. The SMILES string of the molecule is CCC(C)(CNC1CC1)CN(C)Cc1cccc(Cl)c1. The second kappa shape index (κ2) is 6.93. The Morgan fingerprint density at radius 1 is 1.40 bits per heavy atom. The number of hydrogen-bond acceptors (Lipinski definition) is 2. The molecule has 2 nitrogen and oxygen atoms in total. The van der Waals surface area contributed by atoms with Gasteiger partial charge in [-0.05, 0) is 49.4 Å². The van der Waals surface area contributed by atoms with E-state index >= 15 is 0 Å². The van der Waals surface area contributed by atoms with Gasteiger partial charge in [0.15, 0.2) is 0 Å². The van der Waals surface area contributed by atoms with Crippen LogP contribution in [-0.2, 0) is 6.54 Å². The molecule has 0 aliphatic heterocycles. The summed E-state index contributed by atoms with van der Waals surface area (Å²) in [5.41, 5.74) is 1.63. The molecular weight excluding hydrogens is 268 g/mol. The smallest absolute Gasteiger partial charge is 0.0409 e. The molecule has 0 heterocycles. The van der Waals surface area contributed by atoms with Crippen molar-refractivity contribution in [1.82, 2.24) is 10.2 Å². The minimum absolute atomic E-state index is 0.343. The van der Waals surface area contributed by atoms with E-state index in [2.05, 4.69) is 43.2 Å². The van der Waals surface area contributed by atoms with Crippen LogP contribution < -0.4 is 5.32 Å². The van der Waals surface area contributed by atoms with Crippen LogP contribution >= 0.6 is 11.6 Å². The van der Waals surface area contributed by atoms with Crippen molar-refractivity contribution in [1.29, 1.82) is 0 Å². The van der Waals surface area contributed by atoms with Crippen LogP contribution in [-0.4, -0.2) is 31.1 Å². The van der Waals surface area contributed by atoms with Crippen molar-refractivity contribution in [2.24, 2.45) is 5.41 Å². The van der Waals surface area contributed by atoms with Crippen LogP contribution in [0.1, 0.15) is 38.7 Å². The lowest BCUT2D eigenvalue weighted by Crippen LogP contribution is -2.41. The van der Waals surface area contributed by atoms with Crippen LogP contribution in [0.4, 0.5) is 0 Å². The Labute approximate surface area is 128 Å². The Kier molecular flexibility index (Phi) is 5.48. The van der Waals surface area contributed by atoms with E-state index in [0.29, 0.717) is 5.41 Å². The molecule has 0 bridgehead atoms. The quantitative estimate of drug-likeness (QED) is 0.781. The molecule has 112 valence electrons. The highest BCUT2D eigenvalue weighted by Gasteiger charge is 2.28. The molecule has 1 fully saturated rings. The summed E-state index contributed by atoms with van der Waals surface area (Å²) in [6.07, 6.45) is 3.92. The first-order valence-corrected chi connectivity index (χ1v) is 8.05. The normalized spacial score (nSPS) is 18.2. The van der Waals surface area contributed by atoms with Gasteiger partial charge in [-0.25, -0.2) is 0 Å². The topological polar surface area (TPSA) is 15.3 Å². The predicted octanol–water partition coefficient (Wildman–Crippen LogP) is 3.94. The summed E-state index contributed by atoms with van der Waals surface area (Å²) in [5.74, 6) is 0. The summed E-state index contributed by atoms with van der Waals surface area (Å²) in [6, 6.07) is 8.96. The van der Waals surface area contributed by atoms with Gasteiger partial charge in [0.2, 0.25) is 0 Å². The van der Waals surface area contributed by atoms with Crippen molar-refractivity contribution in [2.45, 2.75) is 45.7 Å². The Hall–Kier alpha value is -0.570. The third-order valence-electron chi connectivity index (χ3n) is 4.24. The monoisotopic (exact) mass is 294 g/mol. The molecule has 20 heavy (non-hydrogen) atoms. The van der Waals surface area contributed by atoms with Gasteiger partial charge in [-0.2, -0.15) is 0 Å². The highest BCUT2D eigenvalue weighted by atomic mass is 35.5. The van der Waals surface area contributed by atoms with Crippen molar-refractivity contribution in [3.05, 3.63) is 34.9 Å². The van der Waals surface area contributed by atoms with E-state index in [4.69, 9.17) is 11.6 Å². The van der Waals surface area contributed by atoms with Gasteiger partial charge < -0.3 is 10.2 Å². The number of halogens is 1. The molecule has 1 aliphatic rings.